The number of carbonyl (C=O) groups is 2. The van der Waals surface area contributed by atoms with Crippen molar-refractivity contribution >= 4 is 35.2 Å². The first-order chi connectivity index (χ1) is 15.3. The molecule has 9 nitrogen and oxygen atoms in total. The highest BCUT2D eigenvalue weighted by atomic mass is 35.5. The molecule has 0 atom stereocenters. The van der Waals surface area contributed by atoms with Gasteiger partial charge in [-0.1, -0.05) is 31.0 Å². The second kappa shape index (κ2) is 11.5. The number of nitriles is 1. The van der Waals surface area contributed by atoms with E-state index in [1.54, 1.807) is 6.07 Å². The quantitative estimate of drug-likeness (QED) is 0.113. The molecule has 0 radical (unpaired) electrons. The van der Waals surface area contributed by atoms with Gasteiger partial charge in [-0.25, -0.2) is 4.79 Å². The molecule has 10 heteroatoms. The summed E-state index contributed by atoms with van der Waals surface area (Å²) in [6.07, 6.45) is 3.11. The number of amides is 1. The summed E-state index contributed by atoms with van der Waals surface area (Å²) in [5.74, 6) is -1.08. The lowest BCUT2D eigenvalue weighted by Crippen LogP contribution is -2.25. The molecule has 0 fully saturated rings. The van der Waals surface area contributed by atoms with Crippen molar-refractivity contribution < 1.29 is 24.0 Å². The summed E-state index contributed by atoms with van der Waals surface area (Å²) in [7, 11) is 1.36. The van der Waals surface area contributed by atoms with Crippen LogP contribution in [0.3, 0.4) is 0 Å². The Morgan fingerprint density at radius 3 is 2.59 bits per heavy atom. The lowest BCUT2D eigenvalue weighted by atomic mass is 10.1. The molecule has 0 unspecified atom stereocenters. The van der Waals surface area contributed by atoms with Crippen molar-refractivity contribution in [2.45, 2.75) is 19.8 Å². The number of hydrogen-bond acceptors (Lipinski definition) is 7. The van der Waals surface area contributed by atoms with Gasteiger partial charge >= 0.3 is 5.97 Å². The predicted octanol–water partition coefficient (Wildman–Crippen LogP) is 4.30. The highest BCUT2D eigenvalue weighted by Gasteiger charge is 2.19. The zero-order valence-corrected chi connectivity index (χ0v) is 18.1. The van der Waals surface area contributed by atoms with Crippen LogP contribution in [0.5, 0.6) is 11.5 Å². The van der Waals surface area contributed by atoms with E-state index in [4.69, 9.17) is 21.1 Å². The molecule has 0 aliphatic carbocycles. The van der Waals surface area contributed by atoms with Gasteiger partial charge in [0.05, 0.1) is 22.6 Å². The number of nitrogens with zero attached hydrogens (tertiary/aromatic N) is 2. The third-order valence-electron chi connectivity index (χ3n) is 4.27. The largest absolute Gasteiger partial charge is 0.493 e. The van der Waals surface area contributed by atoms with Crippen molar-refractivity contribution in [1.82, 2.24) is 5.32 Å². The Kier molecular flexibility index (Phi) is 8.74. The number of nitro benzene ring substituents is 1. The summed E-state index contributed by atoms with van der Waals surface area (Å²) < 4.78 is 10.6. The van der Waals surface area contributed by atoms with Crippen LogP contribution in [-0.2, 0) is 4.79 Å². The molecule has 0 heterocycles. The van der Waals surface area contributed by atoms with Gasteiger partial charge in [-0.05, 0) is 36.3 Å². The van der Waals surface area contributed by atoms with Crippen LogP contribution in [0.25, 0.3) is 6.08 Å². The molecule has 0 aliphatic rings. The number of esters is 1. The first-order valence-corrected chi connectivity index (χ1v) is 9.92. The normalized spacial score (nSPS) is 10.8. The third-order valence-corrected chi connectivity index (χ3v) is 4.58. The zero-order chi connectivity index (χ0) is 23.7. The van der Waals surface area contributed by atoms with Crippen LogP contribution < -0.4 is 14.8 Å². The first-order valence-electron chi connectivity index (χ1n) is 9.54. The molecule has 0 aromatic heterocycles. The van der Waals surface area contributed by atoms with Crippen molar-refractivity contribution in [3.63, 3.8) is 0 Å². The number of carbonyl (C=O) groups excluding carboxylic acids is 2. The molecule has 0 saturated heterocycles. The zero-order valence-electron chi connectivity index (χ0n) is 17.4. The van der Waals surface area contributed by atoms with Crippen LogP contribution in [0.2, 0.25) is 5.02 Å². The van der Waals surface area contributed by atoms with Gasteiger partial charge in [0.2, 0.25) is 0 Å². The van der Waals surface area contributed by atoms with Gasteiger partial charge in [0.1, 0.15) is 11.6 Å². The second-order valence-corrected chi connectivity index (χ2v) is 6.91. The van der Waals surface area contributed by atoms with Crippen molar-refractivity contribution in [3.05, 3.63) is 68.2 Å². The minimum absolute atomic E-state index is 0.0567. The van der Waals surface area contributed by atoms with E-state index in [0.717, 1.165) is 25.0 Å². The average molecular weight is 458 g/mol. The van der Waals surface area contributed by atoms with E-state index < -0.39 is 16.8 Å². The van der Waals surface area contributed by atoms with Crippen LogP contribution in [0, 0.1) is 21.4 Å². The maximum atomic E-state index is 12.5. The number of methoxy groups -OCH3 is 1. The number of rotatable bonds is 9. The number of unbranched alkanes of at least 4 members (excludes halogenated alkanes) is 1. The van der Waals surface area contributed by atoms with E-state index in [1.807, 2.05) is 13.0 Å². The van der Waals surface area contributed by atoms with Crippen molar-refractivity contribution in [2.24, 2.45) is 0 Å². The maximum Gasteiger partial charge on any atom is 0.345 e. The summed E-state index contributed by atoms with van der Waals surface area (Å²) >= 11 is 5.97. The van der Waals surface area contributed by atoms with Gasteiger partial charge in [-0.3, -0.25) is 14.9 Å². The highest BCUT2D eigenvalue weighted by molar-refractivity contribution is 6.33. The average Bonchev–Trinajstić information content (AvgIpc) is 2.77. The third kappa shape index (κ3) is 6.30. The number of nitro groups is 1. The van der Waals surface area contributed by atoms with E-state index in [2.05, 4.69) is 5.32 Å². The molecule has 0 saturated carbocycles. The van der Waals surface area contributed by atoms with Gasteiger partial charge in [-0.2, -0.15) is 5.26 Å². The summed E-state index contributed by atoms with van der Waals surface area (Å²) in [5.41, 5.74) is 0.0916. The van der Waals surface area contributed by atoms with E-state index >= 15 is 0 Å². The monoisotopic (exact) mass is 457 g/mol. The van der Waals surface area contributed by atoms with Crippen molar-refractivity contribution in [3.8, 4) is 17.6 Å². The summed E-state index contributed by atoms with van der Waals surface area (Å²) in [4.78, 5) is 34.8. The van der Waals surface area contributed by atoms with E-state index in [9.17, 15) is 25.0 Å². The van der Waals surface area contributed by atoms with Gasteiger partial charge in [0.25, 0.3) is 11.6 Å². The molecular weight excluding hydrogens is 438 g/mol. The van der Waals surface area contributed by atoms with Crippen molar-refractivity contribution in [2.75, 3.05) is 13.7 Å². The molecular formula is C22H20ClN3O6. The van der Waals surface area contributed by atoms with E-state index in [1.165, 1.54) is 31.4 Å². The van der Waals surface area contributed by atoms with Gasteiger partial charge < -0.3 is 14.8 Å². The molecule has 0 bridgehead atoms. The molecule has 2 aromatic rings. The fraction of sp³-hybridized carbons (Fsp3) is 0.227. The Morgan fingerprint density at radius 1 is 1.25 bits per heavy atom. The topological polar surface area (TPSA) is 132 Å². The first kappa shape index (κ1) is 24.4. The van der Waals surface area contributed by atoms with Gasteiger partial charge in [0.15, 0.2) is 11.5 Å². The standard InChI is InChI=1S/C22H20ClN3O6/c1-3-4-9-25-21(27)15(13-24)10-14-5-8-19(20(11-14)31-2)32-22(28)17-7-6-16(26(29)30)12-18(17)23/h5-8,10-12H,3-4,9H2,1-2H3,(H,25,27)/b15-10+. The van der Waals surface area contributed by atoms with Gasteiger partial charge in [-0.15, -0.1) is 0 Å². The minimum Gasteiger partial charge on any atom is -0.493 e. The molecule has 0 aliphatic heterocycles. The van der Waals surface area contributed by atoms with Crippen LogP contribution in [-0.4, -0.2) is 30.5 Å². The molecule has 1 N–H and O–H groups in total. The van der Waals surface area contributed by atoms with Crippen LogP contribution in [0.1, 0.15) is 35.7 Å². The van der Waals surface area contributed by atoms with E-state index in [-0.39, 0.29) is 33.3 Å². The Labute approximate surface area is 189 Å². The molecule has 32 heavy (non-hydrogen) atoms. The number of ether oxygens (including phenoxy) is 2. The highest BCUT2D eigenvalue weighted by Crippen LogP contribution is 2.31. The number of benzene rings is 2. The second-order valence-electron chi connectivity index (χ2n) is 6.50. The number of halogens is 1. The Morgan fingerprint density at radius 2 is 2.00 bits per heavy atom. The summed E-state index contributed by atoms with van der Waals surface area (Å²) in [5, 5.41) is 22.6. The number of non-ortho nitro benzene ring substituents is 1. The SMILES string of the molecule is CCCCNC(=O)/C(C#N)=C/c1ccc(OC(=O)c2ccc([N+](=O)[O-])cc2Cl)c(OC)c1. The lowest BCUT2D eigenvalue weighted by Gasteiger charge is -2.11. The molecule has 0 spiro atoms. The Hall–Kier alpha value is -3.90. The Balaban J connectivity index is 2.23. The molecule has 1 amide bonds. The minimum atomic E-state index is -0.834. The smallest absolute Gasteiger partial charge is 0.345 e. The fourth-order valence-electron chi connectivity index (χ4n) is 2.59. The molecule has 166 valence electrons. The fourth-order valence-corrected chi connectivity index (χ4v) is 2.84. The van der Waals surface area contributed by atoms with Crippen LogP contribution >= 0.6 is 11.6 Å². The Bertz CT molecular complexity index is 1110. The molecule has 2 aromatic carbocycles. The summed E-state index contributed by atoms with van der Waals surface area (Å²) in [6.45, 7) is 2.46. The van der Waals surface area contributed by atoms with Crippen LogP contribution in [0.4, 0.5) is 5.69 Å². The summed E-state index contributed by atoms with van der Waals surface area (Å²) in [6, 6.07) is 9.73. The van der Waals surface area contributed by atoms with Crippen LogP contribution in [0.15, 0.2) is 42.0 Å². The number of hydrogen-bond donors (Lipinski definition) is 1. The lowest BCUT2D eigenvalue weighted by molar-refractivity contribution is -0.384. The van der Waals surface area contributed by atoms with Crippen molar-refractivity contribution in [1.29, 1.82) is 5.26 Å². The van der Waals surface area contributed by atoms with Gasteiger partial charge in [0, 0.05) is 18.7 Å². The predicted molar refractivity (Wildman–Crippen MR) is 118 cm³/mol. The maximum absolute atomic E-state index is 12.5. The number of nitrogens with one attached hydrogen (secondary N) is 1. The van der Waals surface area contributed by atoms with E-state index in [0.29, 0.717) is 12.1 Å². The molecule has 2 rings (SSSR count).